The number of hydrogen-bond acceptors (Lipinski definition) is 2. The molecule has 0 aromatic heterocycles. The number of rotatable bonds is 4. The van der Waals surface area contributed by atoms with Gasteiger partial charge in [0.15, 0.2) is 0 Å². The molecule has 2 aliphatic rings. The SMILES string of the molecule is CC#CCCN1C(=O)C(C2CC2)NC(=O)C1C(C)C. The number of nitrogens with zero attached hydrogens (tertiary/aromatic N) is 1. The smallest absolute Gasteiger partial charge is 0.246 e. The van der Waals surface area contributed by atoms with Gasteiger partial charge in [0.25, 0.3) is 0 Å². The molecule has 2 amide bonds. The molecule has 0 bridgehead atoms. The summed E-state index contributed by atoms with van der Waals surface area (Å²) in [5, 5.41) is 2.91. The highest BCUT2D eigenvalue weighted by atomic mass is 16.2. The van der Waals surface area contributed by atoms with E-state index >= 15 is 0 Å². The van der Waals surface area contributed by atoms with E-state index in [0.29, 0.717) is 18.9 Å². The van der Waals surface area contributed by atoms with Gasteiger partial charge in [0.05, 0.1) is 0 Å². The molecule has 0 aromatic rings. The van der Waals surface area contributed by atoms with Crippen molar-refractivity contribution in [3.8, 4) is 11.8 Å². The zero-order chi connectivity index (χ0) is 14.0. The Bertz CT molecular complexity index is 429. The van der Waals surface area contributed by atoms with Crippen LogP contribution < -0.4 is 5.32 Å². The molecule has 1 N–H and O–H groups in total. The molecule has 0 aromatic carbocycles. The second kappa shape index (κ2) is 5.64. The highest BCUT2D eigenvalue weighted by Gasteiger charge is 2.47. The number of amides is 2. The van der Waals surface area contributed by atoms with E-state index in [0.717, 1.165) is 12.8 Å². The molecular weight excluding hydrogens is 240 g/mol. The Labute approximate surface area is 114 Å². The van der Waals surface area contributed by atoms with Gasteiger partial charge >= 0.3 is 0 Å². The van der Waals surface area contributed by atoms with E-state index in [1.807, 2.05) is 13.8 Å². The van der Waals surface area contributed by atoms with Crippen molar-refractivity contribution in [1.82, 2.24) is 10.2 Å². The predicted molar refractivity (Wildman–Crippen MR) is 73.1 cm³/mol. The number of carbonyl (C=O) groups excluding carboxylic acids is 2. The summed E-state index contributed by atoms with van der Waals surface area (Å²) in [7, 11) is 0. The van der Waals surface area contributed by atoms with Crippen molar-refractivity contribution in [2.75, 3.05) is 6.54 Å². The minimum Gasteiger partial charge on any atom is -0.342 e. The molecule has 1 heterocycles. The van der Waals surface area contributed by atoms with E-state index in [9.17, 15) is 9.59 Å². The molecule has 1 saturated heterocycles. The average Bonchev–Trinajstić information content (AvgIpc) is 3.16. The van der Waals surface area contributed by atoms with Crippen LogP contribution in [0.15, 0.2) is 0 Å². The fraction of sp³-hybridized carbons (Fsp3) is 0.733. The largest absolute Gasteiger partial charge is 0.342 e. The van der Waals surface area contributed by atoms with Crippen LogP contribution in [0.2, 0.25) is 0 Å². The molecule has 4 nitrogen and oxygen atoms in total. The van der Waals surface area contributed by atoms with Crippen molar-refractivity contribution in [3.05, 3.63) is 0 Å². The zero-order valence-corrected chi connectivity index (χ0v) is 11.9. The van der Waals surface area contributed by atoms with Crippen LogP contribution in [0.3, 0.4) is 0 Å². The second-order valence-corrected chi connectivity index (χ2v) is 5.72. The minimum absolute atomic E-state index is 0.00374. The summed E-state index contributed by atoms with van der Waals surface area (Å²) >= 11 is 0. The molecule has 104 valence electrons. The quantitative estimate of drug-likeness (QED) is 0.773. The number of carbonyl (C=O) groups is 2. The number of hydrogen-bond donors (Lipinski definition) is 1. The third kappa shape index (κ3) is 2.91. The highest BCUT2D eigenvalue weighted by molar-refractivity contribution is 5.97. The van der Waals surface area contributed by atoms with Crippen LogP contribution in [-0.2, 0) is 9.59 Å². The van der Waals surface area contributed by atoms with Gasteiger partial charge in [-0.1, -0.05) is 13.8 Å². The Balaban J connectivity index is 2.15. The van der Waals surface area contributed by atoms with E-state index in [-0.39, 0.29) is 29.8 Å². The van der Waals surface area contributed by atoms with Crippen molar-refractivity contribution in [2.45, 2.75) is 52.1 Å². The van der Waals surface area contributed by atoms with E-state index in [2.05, 4.69) is 17.2 Å². The molecule has 1 saturated carbocycles. The van der Waals surface area contributed by atoms with Gasteiger partial charge in [-0.2, -0.15) is 0 Å². The van der Waals surface area contributed by atoms with Crippen LogP contribution in [0, 0.1) is 23.7 Å². The van der Waals surface area contributed by atoms with Crippen molar-refractivity contribution >= 4 is 11.8 Å². The van der Waals surface area contributed by atoms with Gasteiger partial charge in [-0.05, 0) is 31.6 Å². The molecule has 1 aliphatic heterocycles. The Morgan fingerprint density at radius 2 is 2.05 bits per heavy atom. The van der Waals surface area contributed by atoms with Crippen LogP contribution in [0.1, 0.15) is 40.0 Å². The number of piperazine rings is 1. The fourth-order valence-electron chi connectivity index (χ4n) is 2.72. The first-order chi connectivity index (χ1) is 9.06. The first-order valence-corrected chi connectivity index (χ1v) is 7.06. The van der Waals surface area contributed by atoms with Crippen molar-refractivity contribution < 1.29 is 9.59 Å². The Hall–Kier alpha value is -1.50. The van der Waals surface area contributed by atoms with Gasteiger partial charge in [-0.15, -0.1) is 11.8 Å². The van der Waals surface area contributed by atoms with Gasteiger partial charge in [0.2, 0.25) is 11.8 Å². The second-order valence-electron chi connectivity index (χ2n) is 5.72. The summed E-state index contributed by atoms with van der Waals surface area (Å²) in [5.74, 6) is 6.36. The van der Waals surface area contributed by atoms with Gasteiger partial charge < -0.3 is 10.2 Å². The van der Waals surface area contributed by atoms with Gasteiger partial charge in [0, 0.05) is 13.0 Å². The maximum atomic E-state index is 12.5. The molecule has 0 radical (unpaired) electrons. The van der Waals surface area contributed by atoms with Crippen LogP contribution >= 0.6 is 0 Å². The topological polar surface area (TPSA) is 49.4 Å². The minimum atomic E-state index is -0.346. The van der Waals surface area contributed by atoms with E-state index in [1.54, 1.807) is 11.8 Å². The predicted octanol–water partition coefficient (Wildman–Crippen LogP) is 1.16. The van der Waals surface area contributed by atoms with Crippen LogP contribution in [0.4, 0.5) is 0 Å². The van der Waals surface area contributed by atoms with Crippen LogP contribution in [0.25, 0.3) is 0 Å². The van der Waals surface area contributed by atoms with Crippen LogP contribution in [-0.4, -0.2) is 35.3 Å². The Morgan fingerprint density at radius 1 is 1.37 bits per heavy atom. The van der Waals surface area contributed by atoms with E-state index in [1.165, 1.54) is 0 Å². The Morgan fingerprint density at radius 3 is 2.58 bits per heavy atom. The molecule has 2 unspecified atom stereocenters. The summed E-state index contributed by atoms with van der Waals surface area (Å²) in [4.78, 5) is 26.5. The Kier molecular flexibility index (Phi) is 4.14. The molecule has 2 atom stereocenters. The molecule has 2 fully saturated rings. The van der Waals surface area contributed by atoms with Gasteiger partial charge in [-0.25, -0.2) is 0 Å². The average molecular weight is 262 g/mol. The lowest BCUT2D eigenvalue weighted by atomic mass is 9.95. The van der Waals surface area contributed by atoms with E-state index in [4.69, 9.17) is 0 Å². The molecular formula is C15H22N2O2. The maximum absolute atomic E-state index is 12.5. The lowest BCUT2D eigenvalue weighted by Crippen LogP contribution is -2.65. The highest BCUT2D eigenvalue weighted by Crippen LogP contribution is 2.35. The summed E-state index contributed by atoms with van der Waals surface area (Å²) in [6.07, 6.45) is 2.73. The lowest BCUT2D eigenvalue weighted by molar-refractivity contribution is -0.151. The van der Waals surface area contributed by atoms with Crippen molar-refractivity contribution in [1.29, 1.82) is 0 Å². The maximum Gasteiger partial charge on any atom is 0.246 e. The van der Waals surface area contributed by atoms with Crippen molar-refractivity contribution in [2.24, 2.45) is 11.8 Å². The lowest BCUT2D eigenvalue weighted by Gasteiger charge is -2.40. The van der Waals surface area contributed by atoms with E-state index < -0.39 is 0 Å². The van der Waals surface area contributed by atoms with Crippen LogP contribution in [0.5, 0.6) is 0 Å². The van der Waals surface area contributed by atoms with Gasteiger partial charge in [-0.3, -0.25) is 9.59 Å². The zero-order valence-electron chi connectivity index (χ0n) is 11.9. The first kappa shape index (κ1) is 13.9. The summed E-state index contributed by atoms with van der Waals surface area (Å²) in [6.45, 7) is 6.30. The molecule has 4 heteroatoms. The first-order valence-electron chi connectivity index (χ1n) is 7.06. The number of nitrogens with one attached hydrogen (secondary N) is 1. The normalized spacial score (nSPS) is 27.1. The third-order valence-electron chi connectivity index (χ3n) is 3.83. The van der Waals surface area contributed by atoms with Gasteiger partial charge in [0.1, 0.15) is 12.1 Å². The molecule has 19 heavy (non-hydrogen) atoms. The third-order valence-corrected chi connectivity index (χ3v) is 3.83. The monoisotopic (exact) mass is 262 g/mol. The summed E-state index contributed by atoms with van der Waals surface area (Å²) in [5.41, 5.74) is 0. The molecule has 2 rings (SSSR count). The standard InChI is InChI=1S/C15H22N2O2/c1-4-5-6-9-17-13(10(2)3)14(18)16-12(15(17)19)11-7-8-11/h10-13H,6-9H2,1-3H3,(H,16,18). The molecule has 0 spiro atoms. The summed E-state index contributed by atoms with van der Waals surface area (Å²) < 4.78 is 0. The molecule has 1 aliphatic carbocycles. The van der Waals surface area contributed by atoms with Crippen molar-refractivity contribution in [3.63, 3.8) is 0 Å². The summed E-state index contributed by atoms with van der Waals surface area (Å²) in [6, 6.07) is -0.641. The fourth-order valence-corrected chi connectivity index (χ4v) is 2.72.